The number of hydrogen-bond donors (Lipinski definition) is 2. The van der Waals surface area contributed by atoms with Crippen LogP contribution in [0.5, 0.6) is 5.75 Å². The van der Waals surface area contributed by atoms with Crippen molar-refractivity contribution in [2.45, 2.75) is 19.4 Å². The SMILES string of the molecule is COCCC(C(=O)Nc1ccc(C(N)=O)c(F)c1)n1cc(OC)c(-c2cc(Cl)ccc2-c2cc(C)no2)cc1=O. The first kappa shape index (κ1) is 28.5. The number of nitrogens with zero attached hydrogens (tertiary/aromatic N) is 2. The maximum Gasteiger partial charge on any atom is 0.252 e. The molecule has 0 aliphatic carbocycles. The topological polar surface area (TPSA) is 139 Å². The van der Waals surface area contributed by atoms with E-state index in [0.717, 1.165) is 6.07 Å². The van der Waals surface area contributed by atoms with Gasteiger partial charge in [-0.1, -0.05) is 16.8 Å². The largest absolute Gasteiger partial charge is 0.495 e. The summed E-state index contributed by atoms with van der Waals surface area (Å²) in [6.07, 6.45) is 1.54. The fraction of sp³-hybridized carbons (Fsp3) is 0.214. The first-order chi connectivity index (χ1) is 19.1. The number of ether oxygens (including phenoxy) is 2. The number of pyridine rings is 1. The second kappa shape index (κ2) is 12.1. The molecule has 0 aliphatic rings. The summed E-state index contributed by atoms with van der Waals surface area (Å²) in [6, 6.07) is 10.6. The lowest BCUT2D eigenvalue weighted by Crippen LogP contribution is -2.34. The Hall–Kier alpha value is -4.48. The molecule has 0 aliphatic heterocycles. The molecule has 0 fully saturated rings. The minimum absolute atomic E-state index is 0.0810. The van der Waals surface area contributed by atoms with E-state index in [4.69, 9.17) is 31.3 Å². The molecule has 208 valence electrons. The maximum atomic E-state index is 14.3. The number of hydrogen-bond acceptors (Lipinski definition) is 7. The summed E-state index contributed by atoms with van der Waals surface area (Å²) in [5.41, 5.74) is 6.70. The van der Waals surface area contributed by atoms with Crippen LogP contribution in [-0.2, 0) is 9.53 Å². The lowest BCUT2D eigenvalue weighted by Gasteiger charge is -2.21. The van der Waals surface area contributed by atoms with Crippen LogP contribution in [0.4, 0.5) is 10.1 Å². The van der Waals surface area contributed by atoms with Gasteiger partial charge in [0, 0.05) is 54.1 Å². The van der Waals surface area contributed by atoms with Gasteiger partial charge in [-0.05, 0) is 48.9 Å². The van der Waals surface area contributed by atoms with Gasteiger partial charge in [0.1, 0.15) is 17.6 Å². The number of amides is 2. The van der Waals surface area contributed by atoms with Crippen LogP contribution >= 0.6 is 11.6 Å². The molecule has 2 aromatic carbocycles. The van der Waals surface area contributed by atoms with Crippen LogP contribution in [-0.4, -0.2) is 42.4 Å². The normalized spacial score (nSPS) is 11.7. The monoisotopic (exact) mass is 568 g/mol. The van der Waals surface area contributed by atoms with Gasteiger partial charge in [0.05, 0.1) is 24.6 Å². The van der Waals surface area contributed by atoms with Gasteiger partial charge in [0.25, 0.3) is 11.5 Å². The number of rotatable bonds is 10. The van der Waals surface area contributed by atoms with Crippen LogP contribution in [0.1, 0.15) is 28.5 Å². The molecule has 0 saturated carbocycles. The molecule has 0 radical (unpaired) electrons. The number of halogens is 2. The number of aromatic nitrogens is 2. The molecular formula is C28H26ClFN4O6. The molecule has 40 heavy (non-hydrogen) atoms. The second-order valence-corrected chi connectivity index (χ2v) is 9.31. The van der Waals surface area contributed by atoms with Gasteiger partial charge in [-0.25, -0.2) is 4.39 Å². The fourth-order valence-electron chi connectivity index (χ4n) is 4.23. The first-order valence-corrected chi connectivity index (χ1v) is 12.4. The molecule has 1 unspecified atom stereocenters. The number of carbonyl (C=O) groups is 2. The number of methoxy groups -OCH3 is 2. The minimum atomic E-state index is -1.05. The van der Waals surface area contributed by atoms with Gasteiger partial charge >= 0.3 is 0 Å². The molecule has 2 amide bonds. The molecular weight excluding hydrogens is 543 g/mol. The maximum absolute atomic E-state index is 14.3. The molecule has 0 bridgehead atoms. The van der Waals surface area contributed by atoms with Crippen LogP contribution in [0.15, 0.2) is 64.0 Å². The first-order valence-electron chi connectivity index (χ1n) is 12.1. The number of benzene rings is 2. The Labute approximate surface area is 233 Å². The van der Waals surface area contributed by atoms with Gasteiger partial charge < -0.3 is 25.0 Å². The van der Waals surface area contributed by atoms with E-state index in [0.29, 0.717) is 33.2 Å². The third-order valence-corrected chi connectivity index (χ3v) is 6.40. The van der Waals surface area contributed by atoms with Crippen LogP contribution in [0.25, 0.3) is 22.5 Å². The van der Waals surface area contributed by atoms with Gasteiger partial charge in [-0.2, -0.15) is 0 Å². The van der Waals surface area contributed by atoms with E-state index in [-0.39, 0.29) is 30.0 Å². The third kappa shape index (κ3) is 6.05. The lowest BCUT2D eigenvalue weighted by molar-refractivity contribution is -0.119. The highest BCUT2D eigenvalue weighted by Crippen LogP contribution is 2.38. The standard InChI is InChI=1S/C28H26ClFN4O6/c1-15-10-24(40-33-15)18-6-4-16(29)11-20(18)21-13-26(35)34(14-25(21)39-3)23(8-9-38-2)28(37)32-17-5-7-19(27(31)36)22(30)12-17/h4-7,10-14,23H,8-9H2,1-3H3,(H2,31,36)(H,32,37). The van der Waals surface area contributed by atoms with E-state index in [1.165, 1.54) is 43.2 Å². The molecule has 3 N–H and O–H groups in total. The molecule has 4 aromatic rings. The number of primary amides is 1. The predicted molar refractivity (Wildman–Crippen MR) is 147 cm³/mol. The van der Waals surface area contributed by atoms with E-state index < -0.39 is 29.2 Å². The summed E-state index contributed by atoms with van der Waals surface area (Å²) in [5, 5.41) is 6.95. The Morgan fingerprint density at radius 3 is 2.52 bits per heavy atom. The molecule has 4 rings (SSSR count). The van der Waals surface area contributed by atoms with Crippen LogP contribution in [0, 0.1) is 12.7 Å². The smallest absolute Gasteiger partial charge is 0.252 e. The van der Waals surface area contributed by atoms with Crippen molar-refractivity contribution in [1.29, 1.82) is 0 Å². The molecule has 1 atom stereocenters. The lowest BCUT2D eigenvalue weighted by atomic mass is 9.97. The zero-order valence-corrected chi connectivity index (χ0v) is 22.6. The molecule has 2 aromatic heterocycles. The third-order valence-electron chi connectivity index (χ3n) is 6.17. The quantitative estimate of drug-likeness (QED) is 0.285. The summed E-state index contributed by atoms with van der Waals surface area (Å²) in [6.45, 7) is 1.93. The zero-order chi connectivity index (χ0) is 29.0. The molecule has 0 spiro atoms. The van der Waals surface area contributed by atoms with Gasteiger partial charge in [0.15, 0.2) is 5.76 Å². The number of anilines is 1. The summed E-state index contributed by atoms with van der Waals surface area (Å²) >= 11 is 6.30. The van der Waals surface area contributed by atoms with Crippen molar-refractivity contribution in [3.8, 4) is 28.2 Å². The highest BCUT2D eigenvalue weighted by atomic mass is 35.5. The van der Waals surface area contributed by atoms with Crippen molar-refractivity contribution in [3.05, 3.63) is 87.2 Å². The van der Waals surface area contributed by atoms with Crippen molar-refractivity contribution in [2.75, 3.05) is 26.1 Å². The minimum Gasteiger partial charge on any atom is -0.495 e. The van der Waals surface area contributed by atoms with Crippen molar-refractivity contribution in [2.24, 2.45) is 5.73 Å². The Bertz CT molecular complexity index is 1630. The van der Waals surface area contributed by atoms with E-state index in [2.05, 4.69) is 10.5 Å². The van der Waals surface area contributed by atoms with E-state index in [1.807, 2.05) is 0 Å². The van der Waals surface area contributed by atoms with E-state index >= 15 is 0 Å². The van der Waals surface area contributed by atoms with Crippen LogP contribution < -0.4 is 21.3 Å². The number of aryl methyl sites for hydroxylation is 1. The van der Waals surface area contributed by atoms with Crippen LogP contribution in [0.3, 0.4) is 0 Å². The highest BCUT2D eigenvalue weighted by Gasteiger charge is 2.25. The van der Waals surface area contributed by atoms with E-state index in [1.54, 1.807) is 31.2 Å². The fourth-order valence-corrected chi connectivity index (χ4v) is 4.41. The molecule has 10 nitrogen and oxygen atoms in total. The Morgan fingerprint density at radius 1 is 1.12 bits per heavy atom. The molecule has 12 heteroatoms. The van der Waals surface area contributed by atoms with Gasteiger partial charge in [-0.15, -0.1) is 0 Å². The summed E-state index contributed by atoms with van der Waals surface area (Å²) in [5.74, 6) is -1.68. The Morgan fingerprint density at radius 2 is 1.90 bits per heavy atom. The number of carbonyl (C=O) groups excluding carboxylic acids is 2. The summed E-state index contributed by atoms with van der Waals surface area (Å²) in [7, 11) is 2.90. The highest BCUT2D eigenvalue weighted by molar-refractivity contribution is 6.31. The summed E-state index contributed by atoms with van der Waals surface area (Å²) < 4.78 is 31.7. The molecule has 2 heterocycles. The molecule has 0 saturated heterocycles. The average molecular weight is 569 g/mol. The summed E-state index contributed by atoms with van der Waals surface area (Å²) in [4.78, 5) is 38.1. The van der Waals surface area contributed by atoms with Gasteiger partial charge in [0.2, 0.25) is 5.91 Å². The number of nitrogens with two attached hydrogens (primary N) is 1. The van der Waals surface area contributed by atoms with E-state index in [9.17, 15) is 18.8 Å². The second-order valence-electron chi connectivity index (χ2n) is 8.87. The zero-order valence-electron chi connectivity index (χ0n) is 21.9. The van der Waals surface area contributed by atoms with Crippen molar-refractivity contribution < 1.29 is 28.0 Å². The van der Waals surface area contributed by atoms with Crippen LogP contribution in [0.2, 0.25) is 5.02 Å². The van der Waals surface area contributed by atoms with Crippen molar-refractivity contribution in [1.82, 2.24) is 9.72 Å². The average Bonchev–Trinajstić information content (AvgIpc) is 3.35. The van der Waals surface area contributed by atoms with Crippen molar-refractivity contribution >= 4 is 29.1 Å². The van der Waals surface area contributed by atoms with Crippen molar-refractivity contribution in [3.63, 3.8) is 0 Å². The Balaban J connectivity index is 1.76. The van der Waals surface area contributed by atoms with Gasteiger partial charge in [-0.3, -0.25) is 19.0 Å². The Kier molecular flexibility index (Phi) is 8.66. The predicted octanol–water partition coefficient (Wildman–Crippen LogP) is 4.60. The number of nitrogens with one attached hydrogen (secondary N) is 1.